The largest absolute Gasteiger partial charge is 0.347 e. The summed E-state index contributed by atoms with van der Waals surface area (Å²) < 4.78 is 14.3. The lowest BCUT2D eigenvalue weighted by Gasteiger charge is -2.11. The fourth-order valence-corrected chi connectivity index (χ4v) is 1.53. The first-order chi connectivity index (χ1) is 8.49. The van der Waals surface area contributed by atoms with Crippen LogP contribution in [0.3, 0.4) is 0 Å². The van der Waals surface area contributed by atoms with Gasteiger partial charge in [0.1, 0.15) is 12.4 Å². The zero-order chi connectivity index (χ0) is 13.3. The maximum Gasteiger partial charge on any atom is 0.261 e. The summed E-state index contributed by atoms with van der Waals surface area (Å²) in [6.07, 6.45) is 1.30. The highest BCUT2D eigenvalue weighted by molar-refractivity contribution is 5.78. The van der Waals surface area contributed by atoms with Crippen LogP contribution in [-0.4, -0.2) is 34.5 Å². The van der Waals surface area contributed by atoms with E-state index in [9.17, 15) is 14.0 Å². The molecule has 1 amide bonds. The number of likely N-dealkylation sites (N-methyl/N-ethyl adjacent to an activating group) is 1. The Morgan fingerprint density at radius 1 is 1.44 bits per heavy atom. The molecule has 6 heteroatoms. The van der Waals surface area contributed by atoms with E-state index in [0.717, 1.165) is 6.07 Å². The molecule has 2 aromatic rings. The van der Waals surface area contributed by atoms with Gasteiger partial charge in [0.15, 0.2) is 0 Å². The average Bonchev–Trinajstić information content (AvgIpc) is 2.33. The summed E-state index contributed by atoms with van der Waals surface area (Å²) >= 11 is 0. The molecule has 0 radical (unpaired) electrons. The minimum Gasteiger partial charge on any atom is -0.347 e. The van der Waals surface area contributed by atoms with Gasteiger partial charge < -0.3 is 4.90 Å². The van der Waals surface area contributed by atoms with Crippen molar-refractivity contribution >= 4 is 16.8 Å². The van der Waals surface area contributed by atoms with Crippen LogP contribution in [0.25, 0.3) is 10.9 Å². The number of aromatic nitrogens is 2. The van der Waals surface area contributed by atoms with Gasteiger partial charge in [-0.05, 0) is 18.2 Å². The molecule has 0 unspecified atom stereocenters. The number of benzene rings is 1. The Morgan fingerprint density at radius 2 is 2.17 bits per heavy atom. The summed E-state index contributed by atoms with van der Waals surface area (Å²) in [5.41, 5.74) is -0.00958. The summed E-state index contributed by atoms with van der Waals surface area (Å²) in [7, 11) is 3.20. The van der Waals surface area contributed by atoms with E-state index < -0.39 is 11.4 Å². The Labute approximate surface area is 102 Å². The molecule has 1 aromatic heterocycles. The number of halogens is 1. The maximum absolute atomic E-state index is 13.1. The number of carbonyl (C=O) groups excluding carboxylic acids is 1. The third-order valence-corrected chi connectivity index (χ3v) is 2.59. The molecule has 5 nitrogen and oxygen atoms in total. The van der Waals surface area contributed by atoms with Crippen LogP contribution in [0.2, 0.25) is 0 Å². The average molecular weight is 249 g/mol. The standard InChI is InChI=1S/C12H12FN3O2/c1-15(2)11(17)6-16-7-14-10-4-3-8(13)5-9(10)12(16)18/h3-5,7H,6H2,1-2H3. The van der Waals surface area contributed by atoms with E-state index in [4.69, 9.17) is 0 Å². The smallest absolute Gasteiger partial charge is 0.261 e. The fourth-order valence-electron chi connectivity index (χ4n) is 1.53. The molecule has 0 aliphatic heterocycles. The van der Waals surface area contributed by atoms with Crippen LogP contribution in [0.15, 0.2) is 29.3 Å². The Balaban J connectivity index is 2.51. The third-order valence-electron chi connectivity index (χ3n) is 2.59. The Morgan fingerprint density at radius 3 is 2.83 bits per heavy atom. The molecule has 0 aliphatic carbocycles. The van der Waals surface area contributed by atoms with Crippen molar-refractivity contribution in [2.75, 3.05) is 14.1 Å². The van der Waals surface area contributed by atoms with Gasteiger partial charge >= 0.3 is 0 Å². The van der Waals surface area contributed by atoms with Crippen molar-refractivity contribution in [3.63, 3.8) is 0 Å². The van der Waals surface area contributed by atoms with Crippen LogP contribution >= 0.6 is 0 Å². The number of rotatable bonds is 2. The van der Waals surface area contributed by atoms with Gasteiger partial charge in [0.05, 0.1) is 17.2 Å². The van der Waals surface area contributed by atoms with E-state index in [2.05, 4.69) is 4.98 Å². The molecule has 0 atom stereocenters. The van der Waals surface area contributed by atoms with E-state index in [-0.39, 0.29) is 17.8 Å². The number of hydrogen-bond acceptors (Lipinski definition) is 3. The van der Waals surface area contributed by atoms with Crippen molar-refractivity contribution in [1.82, 2.24) is 14.5 Å². The van der Waals surface area contributed by atoms with Gasteiger partial charge in [0, 0.05) is 14.1 Å². The number of hydrogen-bond donors (Lipinski definition) is 0. The molecule has 0 fully saturated rings. The minimum atomic E-state index is -0.502. The predicted molar refractivity (Wildman–Crippen MR) is 64.7 cm³/mol. The SMILES string of the molecule is CN(C)C(=O)Cn1cnc2ccc(F)cc2c1=O. The molecule has 1 aromatic carbocycles. The Bertz CT molecular complexity index is 664. The summed E-state index contributed by atoms with van der Waals surface area (Å²) in [4.78, 5) is 29.0. The van der Waals surface area contributed by atoms with Gasteiger partial charge in [0.2, 0.25) is 5.91 Å². The molecule has 0 aliphatic rings. The number of fused-ring (bicyclic) bond motifs is 1. The molecule has 0 saturated carbocycles. The van der Waals surface area contributed by atoms with Crippen LogP contribution < -0.4 is 5.56 Å². The van der Waals surface area contributed by atoms with Gasteiger partial charge in [-0.1, -0.05) is 0 Å². The lowest BCUT2D eigenvalue weighted by Crippen LogP contribution is -2.31. The molecule has 0 bridgehead atoms. The predicted octanol–water partition coefficient (Wildman–Crippen LogP) is 0.624. The van der Waals surface area contributed by atoms with Crippen LogP contribution in [0.5, 0.6) is 0 Å². The molecule has 0 saturated heterocycles. The Hall–Kier alpha value is -2.24. The van der Waals surface area contributed by atoms with E-state index in [1.165, 1.54) is 27.9 Å². The second-order valence-electron chi connectivity index (χ2n) is 4.13. The first-order valence-corrected chi connectivity index (χ1v) is 5.34. The van der Waals surface area contributed by atoms with Crippen LogP contribution in [0, 0.1) is 5.82 Å². The minimum absolute atomic E-state index is 0.106. The number of amides is 1. The van der Waals surface area contributed by atoms with Crippen molar-refractivity contribution in [1.29, 1.82) is 0 Å². The van der Waals surface area contributed by atoms with Gasteiger partial charge in [-0.2, -0.15) is 0 Å². The van der Waals surface area contributed by atoms with Crippen LogP contribution in [0.4, 0.5) is 4.39 Å². The summed E-state index contributed by atoms with van der Waals surface area (Å²) in [6, 6.07) is 3.80. The molecule has 94 valence electrons. The first-order valence-electron chi connectivity index (χ1n) is 5.34. The topological polar surface area (TPSA) is 55.2 Å². The van der Waals surface area contributed by atoms with Gasteiger partial charge in [0.25, 0.3) is 5.56 Å². The van der Waals surface area contributed by atoms with Crippen LogP contribution in [0.1, 0.15) is 0 Å². The highest BCUT2D eigenvalue weighted by atomic mass is 19.1. The molecule has 2 rings (SSSR count). The monoisotopic (exact) mass is 249 g/mol. The van der Waals surface area contributed by atoms with E-state index in [1.54, 1.807) is 14.1 Å². The summed E-state index contributed by atoms with van der Waals surface area (Å²) in [5, 5.41) is 0.170. The van der Waals surface area contributed by atoms with E-state index >= 15 is 0 Å². The van der Waals surface area contributed by atoms with Crippen molar-refractivity contribution in [2.24, 2.45) is 0 Å². The zero-order valence-corrected chi connectivity index (χ0v) is 10.1. The molecule has 18 heavy (non-hydrogen) atoms. The summed E-state index contributed by atoms with van der Waals surface area (Å²) in [5.74, 6) is -0.729. The second kappa shape index (κ2) is 4.56. The van der Waals surface area contributed by atoms with Crippen molar-refractivity contribution in [3.05, 3.63) is 40.7 Å². The fraction of sp³-hybridized carbons (Fsp3) is 0.250. The molecule has 1 heterocycles. The normalized spacial score (nSPS) is 10.6. The van der Waals surface area contributed by atoms with Crippen molar-refractivity contribution in [2.45, 2.75) is 6.54 Å². The molecule has 0 N–H and O–H groups in total. The quantitative estimate of drug-likeness (QED) is 0.784. The highest BCUT2D eigenvalue weighted by Crippen LogP contribution is 2.08. The molecular formula is C12H12FN3O2. The molecular weight excluding hydrogens is 237 g/mol. The van der Waals surface area contributed by atoms with E-state index in [1.807, 2.05) is 0 Å². The lowest BCUT2D eigenvalue weighted by molar-refractivity contribution is -0.129. The van der Waals surface area contributed by atoms with E-state index in [0.29, 0.717) is 5.52 Å². The highest BCUT2D eigenvalue weighted by Gasteiger charge is 2.09. The number of nitrogens with zero attached hydrogens (tertiary/aromatic N) is 3. The second-order valence-corrected chi connectivity index (χ2v) is 4.13. The van der Waals surface area contributed by atoms with Crippen LogP contribution in [-0.2, 0) is 11.3 Å². The molecule has 0 spiro atoms. The maximum atomic E-state index is 13.1. The Kier molecular flexibility index (Phi) is 3.10. The van der Waals surface area contributed by atoms with Gasteiger partial charge in [-0.3, -0.25) is 14.2 Å². The third kappa shape index (κ3) is 2.22. The van der Waals surface area contributed by atoms with Crippen molar-refractivity contribution < 1.29 is 9.18 Å². The van der Waals surface area contributed by atoms with Gasteiger partial charge in [-0.25, -0.2) is 9.37 Å². The van der Waals surface area contributed by atoms with Crippen molar-refractivity contribution in [3.8, 4) is 0 Å². The zero-order valence-electron chi connectivity index (χ0n) is 10.1. The van der Waals surface area contributed by atoms with Gasteiger partial charge in [-0.15, -0.1) is 0 Å². The first kappa shape index (κ1) is 12.2. The lowest BCUT2D eigenvalue weighted by atomic mass is 10.2. The number of carbonyl (C=O) groups is 1. The summed E-state index contributed by atoms with van der Waals surface area (Å²) in [6.45, 7) is -0.106.